The first-order valence-electron chi connectivity index (χ1n) is 8.73. The minimum atomic E-state index is -0.476. The number of fused-ring (bicyclic) bond motifs is 2. The maximum absolute atomic E-state index is 13.9. The van der Waals surface area contributed by atoms with E-state index >= 15 is 0 Å². The van der Waals surface area contributed by atoms with Crippen molar-refractivity contribution in [3.8, 4) is 5.75 Å². The van der Waals surface area contributed by atoms with Crippen LogP contribution in [0.4, 0.5) is 4.39 Å². The molecule has 1 aromatic carbocycles. The second kappa shape index (κ2) is 7.11. The normalized spacial score (nSPS) is 13.2. The summed E-state index contributed by atoms with van der Waals surface area (Å²) in [4.78, 5) is 8.88. The van der Waals surface area contributed by atoms with Crippen LogP contribution in [0.15, 0.2) is 18.2 Å². The molecule has 26 heavy (non-hydrogen) atoms. The second-order valence-corrected chi connectivity index (χ2v) is 7.74. The Balaban J connectivity index is 1.79. The Hall–Kier alpha value is -1.74. The third kappa shape index (κ3) is 3.18. The molecule has 0 radical (unpaired) electrons. The van der Waals surface area contributed by atoms with Crippen molar-refractivity contribution in [2.45, 2.75) is 32.7 Å². The van der Waals surface area contributed by atoms with Crippen LogP contribution in [0, 0.1) is 16.4 Å². The Bertz CT molecular complexity index is 986. The quantitative estimate of drug-likeness (QED) is 0.463. The summed E-state index contributed by atoms with van der Waals surface area (Å²) in [7, 11) is 0. The minimum absolute atomic E-state index is 0.476. The fourth-order valence-electron chi connectivity index (χ4n) is 3.41. The van der Waals surface area contributed by atoms with Gasteiger partial charge in [-0.15, -0.1) is 0 Å². The lowest BCUT2D eigenvalue weighted by atomic mass is 10.1. The molecule has 136 valence electrons. The summed E-state index contributed by atoms with van der Waals surface area (Å²) < 4.78 is 22.8. The molecule has 3 aromatic rings. The highest BCUT2D eigenvalue weighted by Gasteiger charge is 2.19. The molecule has 7 heteroatoms. The van der Waals surface area contributed by atoms with Crippen molar-refractivity contribution in [3.05, 3.63) is 50.2 Å². The number of nitrogens with two attached hydrogens (primary N) is 1. The van der Waals surface area contributed by atoms with Crippen molar-refractivity contribution < 1.29 is 9.13 Å². The standard InChI is InChI=1S/C19H20FIN4O/c1-11-7-16(20)23-19-18(11)24-17(25(19)5-2-4-22)10-13-9-15-12(3-6-26-15)8-14(13)21/h7-9H,2-6,10,22H2,1H3. The van der Waals surface area contributed by atoms with Gasteiger partial charge in [-0.25, -0.2) is 4.98 Å². The zero-order valence-electron chi connectivity index (χ0n) is 14.6. The van der Waals surface area contributed by atoms with Crippen LogP contribution in [0.1, 0.15) is 28.9 Å². The van der Waals surface area contributed by atoms with Crippen molar-refractivity contribution in [1.82, 2.24) is 14.5 Å². The second-order valence-electron chi connectivity index (χ2n) is 6.58. The van der Waals surface area contributed by atoms with Gasteiger partial charge in [0.25, 0.3) is 0 Å². The first-order valence-corrected chi connectivity index (χ1v) is 9.81. The maximum Gasteiger partial charge on any atom is 0.215 e. The third-order valence-corrected chi connectivity index (χ3v) is 5.74. The average molecular weight is 466 g/mol. The van der Waals surface area contributed by atoms with Gasteiger partial charge < -0.3 is 15.0 Å². The number of imidazole rings is 1. The maximum atomic E-state index is 13.9. The molecule has 1 aliphatic heterocycles. The van der Waals surface area contributed by atoms with Crippen LogP contribution >= 0.6 is 22.6 Å². The van der Waals surface area contributed by atoms with Crippen LogP contribution < -0.4 is 10.5 Å². The minimum Gasteiger partial charge on any atom is -0.493 e. The van der Waals surface area contributed by atoms with Crippen molar-refractivity contribution in [1.29, 1.82) is 0 Å². The number of aryl methyl sites for hydroxylation is 2. The fourth-order valence-corrected chi connectivity index (χ4v) is 4.13. The van der Waals surface area contributed by atoms with Gasteiger partial charge >= 0.3 is 0 Å². The zero-order chi connectivity index (χ0) is 18.3. The molecule has 0 fully saturated rings. The van der Waals surface area contributed by atoms with E-state index in [9.17, 15) is 4.39 Å². The van der Waals surface area contributed by atoms with E-state index < -0.39 is 5.95 Å². The fraction of sp³-hybridized carbons (Fsp3) is 0.368. The van der Waals surface area contributed by atoms with E-state index in [2.05, 4.69) is 39.7 Å². The van der Waals surface area contributed by atoms with Crippen LogP contribution in [0.5, 0.6) is 5.75 Å². The smallest absolute Gasteiger partial charge is 0.215 e. The number of ether oxygens (including phenoxy) is 1. The van der Waals surface area contributed by atoms with Crippen LogP contribution in [0.3, 0.4) is 0 Å². The third-order valence-electron chi connectivity index (χ3n) is 4.73. The summed E-state index contributed by atoms with van der Waals surface area (Å²) in [6.45, 7) is 3.85. The first-order chi connectivity index (χ1) is 12.6. The molecule has 1 aliphatic rings. The lowest BCUT2D eigenvalue weighted by Crippen LogP contribution is -2.10. The van der Waals surface area contributed by atoms with E-state index in [-0.39, 0.29) is 0 Å². The molecule has 0 bridgehead atoms. The summed E-state index contributed by atoms with van der Waals surface area (Å²) in [5, 5.41) is 0. The summed E-state index contributed by atoms with van der Waals surface area (Å²) >= 11 is 2.36. The van der Waals surface area contributed by atoms with Crippen molar-refractivity contribution in [2.24, 2.45) is 5.73 Å². The number of rotatable bonds is 5. The summed E-state index contributed by atoms with van der Waals surface area (Å²) in [6.07, 6.45) is 2.40. The van der Waals surface area contributed by atoms with E-state index in [1.165, 1.54) is 15.2 Å². The number of hydrogen-bond acceptors (Lipinski definition) is 4. The van der Waals surface area contributed by atoms with Gasteiger partial charge in [-0.1, -0.05) is 0 Å². The molecule has 2 aromatic heterocycles. The van der Waals surface area contributed by atoms with E-state index in [4.69, 9.17) is 15.5 Å². The molecule has 5 nitrogen and oxygen atoms in total. The van der Waals surface area contributed by atoms with Crippen molar-refractivity contribution >= 4 is 33.8 Å². The van der Waals surface area contributed by atoms with Crippen molar-refractivity contribution in [2.75, 3.05) is 13.2 Å². The number of benzene rings is 1. The Morgan fingerprint density at radius 2 is 2.15 bits per heavy atom. The van der Waals surface area contributed by atoms with E-state index in [0.717, 1.165) is 47.7 Å². The van der Waals surface area contributed by atoms with Crippen molar-refractivity contribution in [3.63, 3.8) is 0 Å². The summed E-state index contributed by atoms with van der Waals surface area (Å²) in [6, 6.07) is 5.73. The molecular weight excluding hydrogens is 446 g/mol. The number of halogens is 2. The lowest BCUT2D eigenvalue weighted by Gasteiger charge is -2.10. The van der Waals surface area contributed by atoms with Gasteiger partial charge in [0, 0.05) is 23.0 Å². The number of nitrogens with zero attached hydrogens (tertiary/aromatic N) is 3. The highest BCUT2D eigenvalue weighted by atomic mass is 127. The SMILES string of the molecule is Cc1cc(F)nc2c1nc(Cc1cc3c(cc1I)CCO3)n2CCCN. The Morgan fingerprint density at radius 3 is 2.96 bits per heavy atom. The Kier molecular flexibility index (Phi) is 4.83. The molecule has 3 heterocycles. The topological polar surface area (TPSA) is 66.0 Å². The van der Waals surface area contributed by atoms with Gasteiger partial charge in [0.2, 0.25) is 5.95 Å². The number of aromatic nitrogens is 3. The molecule has 0 saturated carbocycles. The largest absolute Gasteiger partial charge is 0.493 e. The Morgan fingerprint density at radius 1 is 1.31 bits per heavy atom. The molecule has 4 rings (SSSR count). The molecule has 0 saturated heterocycles. The van der Waals surface area contributed by atoms with Gasteiger partial charge in [0.15, 0.2) is 5.65 Å². The molecular formula is C19H20FIN4O. The van der Waals surface area contributed by atoms with Gasteiger partial charge in [-0.2, -0.15) is 9.37 Å². The van der Waals surface area contributed by atoms with Gasteiger partial charge in [-0.3, -0.25) is 0 Å². The highest BCUT2D eigenvalue weighted by Crippen LogP contribution is 2.31. The average Bonchev–Trinajstić information content (AvgIpc) is 3.18. The van der Waals surface area contributed by atoms with Crippen LogP contribution in [-0.2, 0) is 19.4 Å². The van der Waals surface area contributed by atoms with Gasteiger partial charge in [-0.05, 0) is 77.4 Å². The van der Waals surface area contributed by atoms with E-state index in [1.54, 1.807) is 0 Å². The number of pyridine rings is 1. The molecule has 0 amide bonds. The summed E-state index contributed by atoms with van der Waals surface area (Å²) in [5.74, 6) is 1.37. The zero-order valence-corrected chi connectivity index (χ0v) is 16.7. The number of hydrogen-bond donors (Lipinski definition) is 1. The van der Waals surface area contributed by atoms with Crippen LogP contribution in [0.25, 0.3) is 11.2 Å². The van der Waals surface area contributed by atoms with Crippen LogP contribution in [-0.4, -0.2) is 27.7 Å². The molecule has 0 atom stereocenters. The molecule has 0 unspecified atom stereocenters. The molecule has 0 aliphatic carbocycles. The summed E-state index contributed by atoms with van der Waals surface area (Å²) in [5.41, 5.74) is 10.3. The molecule has 0 spiro atoms. The first kappa shape index (κ1) is 17.7. The lowest BCUT2D eigenvalue weighted by molar-refractivity contribution is 0.356. The monoisotopic (exact) mass is 466 g/mol. The van der Waals surface area contributed by atoms with Gasteiger partial charge in [0.1, 0.15) is 17.1 Å². The van der Waals surface area contributed by atoms with Gasteiger partial charge in [0.05, 0.1) is 6.61 Å². The predicted molar refractivity (Wildman–Crippen MR) is 107 cm³/mol. The van der Waals surface area contributed by atoms with Crippen LogP contribution in [0.2, 0.25) is 0 Å². The highest BCUT2D eigenvalue weighted by molar-refractivity contribution is 14.1. The molecule has 2 N–H and O–H groups in total. The van der Waals surface area contributed by atoms with E-state index in [0.29, 0.717) is 25.2 Å². The van der Waals surface area contributed by atoms with E-state index in [1.807, 2.05) is 11.5 Å². The Labute approximate surface area is 164 Å². The predicted octanol–water partition coefficient (Wildman–Crippen LogP) is 3.36.